The molecular weight excluding hydrogens is 342 g/mol. The number of benzene rings is 1. The van der Waals surface area contributed by atoms with E-state index in [4.69, 9.17) is 0 Å². The van der Waals surface area contributed by atoms with E-state index in [1.807, 2.05) is 30.3 Å². The predicted octanol–water partition coefficient (Wildman–Crippen LogP) is 3.55. The largest absolute Gasteiger partial charge is 0.201 e. The smallest absolute Gasteiger partial charge is 0.196 e. The minimum atomic E-state index is 0.530. The minimum Gasteiger partial charge on any atom is -0.196 e. The monoisotopic (exact) mass is 345 g/mol. The van der Waals surface area contributed by atoms with Crippen molar-refractivity contribution in [1.29, 1.82) is 0 Å². The van der Waals surface area contributed by atoms with Crippen molar-refractivity contribution in [3.05, 3.63) is 39.8 Å². The fourth-order valence-electron chi connectivity index (χ4n) is 0.949. The quantitative estimate of drug-likeness (QED) is 0.833. The topological polar surface area (TPSA) is 38.7 Å². The van der Waals surface area contributed by atoms with Crippen LogP contribution in [0.5, 0.6) is 0 Å². The molecule has 0 N–H and O–H groups in total. The molecule has 0 unspecified atom stereocenters. The summed E-state index contributed by atoms with van der Waals surface area (Å²) in [7, 11) is 0. The predicted molar refractivity (Wildman–Crippen MR) is 65.8 cm³/mol. The van der Waals surface area contributed by atoms with E-state index < -0.39 is 0 Å². The summed E-state index contributed by atoms with van der Waals surface area (Å²) in [5, 5.41) is 0.662. The van der Waals surface area contributed by atoms with Crippen LogP contribution in [0.15, 0.2) is 49.9 Å². The van der Waals surface area contributed by atoms with Crippen molar-refractivity contribution in [2.24, 2.45) is 0 Å². The number of hydrogen-bond acceptors (Lipinski definition) is 4. The third-order valence-corrected chi connectivity index (χ3v) is 3.09. The number of halogens is 2. The molecule has 0 aliphatic heterocycles. The third-order valence-electron chi connectivity index (χ3n) is 1.51. The van der Waals surface area contributed by atoms with Gasteiger partial charge in [0.2, 0.25) is 9.47 Å². The Hall–Kier alpha value is -0.460. The molecule has 0 spiro atoms. The zero-order chi connectivity index (χ0) is 10.7. The summed E-state index contributed by atoms with van der Waals surface area (Å²) in [4.78, 5) is 13.4. The third kappa shape index (κ3) is 3.25. The highest BCUT2D eigenvalue weighted by molar-refractivity contribution is 9.11. The van der Waals surface area contributed by atoms with Gasteiger partial charge in [0.25, 0.3) is 0 Å². The van der Waals surface area contributed by atoms with Gasteiger partial charge in [-0.3, -0.25) is 0 Å². The van der Waals surface area contributed by atoms with Crippen LogP contribution in [0.4, 0.5) is 0 Å². The van der Waals surface area contributed by atoms with Crippen LogP contribution in [0.1, 0.15) is 0 Å². The van der Waals surface area contributed by atoms with Gasteiger partial charge in [-0.25, -0.2) is 0 Å². The molecule has 1 heterocycles. The van der Waals surface area contributed by atoms with Crippen molar-refractivity contribution < 1.29 is 0 Å². The summed E-state index contributed by atoms with van der Waals surface area (Å²) in [6.45, 7) is 0. The van der Waals surface area contributed by atoms with Crippen molar-refractivity contribution in [2.75, 3.05) is 0 Å². The maximum atomic E-state index is 4.16. The maximum absolute atomic E-state index is 4.16. The fraction of sp³-hybridized carbons (Fsp3) is 0. The highest BCUT2D eigenvalue weighted by atomic mass is 79.9. The summed E-state index contributed by atoms with van der Waals surface area (Å²) in [6.07, 6.45) is 0. The van der Waals surface area contributed by atoms with Crippen molar-refractivity contribution >= 4 is 43.6 Å². The molecule has 0 atom stereocenters. The Kier molecular flexibility index (Phi) is 3.71. The van der Waals surface area contributed by atoms with Gasteiger partial charge in [0, 0.05) is 4.90 Å². The van der Waals surface area contributed by atoms with Crippen LogP contribution < -0.4 is 0 Å². The van der Waals surface area contributed by atoms with E-state index in [1.54, 1.807) is 0 Å². The molecule has 76 valence electrons. The molecule has 2 aromatic rings. The lowest BCUT2D eigenvalue weighted by Crippen LogP contribution is -1.91. The molecule has 0 amide bonds. The molecule has 0 aliphatic rings. The van der Waals surface area contributed by atoms with Gasteiger partial charge in [0.1, 0.15) is 0 Å². The van der Waals surface area contributed by atoms with Crippen molar-refractivity contribution in [1.82, 2.24) is 15.0 Å². The zero-order valence-electron chi connectivity index (χ0n) is 7.39. The maximum Gasteiger partial charge on any atom is 0.201 e. The van der Waals surface area contributed by atoms with Gasteiger partial charge in [-0.15, -0.1) is 0 Å². The van der Waals surface area contributed by atoms with Crippen LogP contribution in [0.3, 0.4) is 0 Å². The molecule has 2 rings (SSSR count). The van der Waals surface area contributed by atoms with Gasteiger partial charge in [-0.05, 0) is 55.8 Å². The summed E-state index contributed by atoms with van der Waals surface area (Å²) >= 11 is 7.94. The van der Waals surface area contributed by atoms with Crippen molar-refractivity contribution in [2.45, 2.75) is 10.1 Å². The molecule has 1 aromatic carbocycles. The molecule has 1 aromatic heterocycles. The van der Waals surface area contributed by atoms with Gasteiger partial charge in [-0.1, -0.05) is 18.2 Å². The molecular formula is C9H5Br2N3S. The SMILES string of the molecule is Brc1nc(Br)nc(Sc2ccccc2)n1. The molecule has 6 heteroatoms. The number of aromatic nitrogens is 3. The van der Waals surface area contributed by atoms with Gasteiger partial charge in [0.05, 0.1) is 0 Å². The van der Waals surface area contributed by atoms with E-state index in [-0.39, 0.29) is 0 Å². The second kappa shape index (κ2) is 5.05. The van der Waals surface area contributed by atoms with Gasteiger partial charge >= 0.3 is 0 Å². The number of rotatable bonds is 2. The lowest BCUT2D eigenvalue weighted by atomic mass is 10.4. The van der Waals surface area contributed by atoms with E-state index in [9.17, 15) is 0 Å². The van der Waals surface area contributed by atoms with Gasteiger partial charge in [-0.2, -0.15) is 15.0 Å². The second-order valence-corrected chi connectivity index (χ2v) is 5.03. The number of hydrogen-bond donors (Lipinski definition) is 0. The normalized spacial score (nSPS) is 10.3. The minimum absolute atomic E-state index is 0.530. The first-order chi connectivity index (χ1) is 7.24. The van der Waals surface area contributed by atoms with E-state index in [2.05, 4.69) is 46.8 Å². The Labute approximate surface area is 108 Å². The molecule has 15 heavy (non-hydrogen) atoms. The van der Waals surface area contributed by atoms with Gasteiger partial charge < -0.3 is 0 Å². The van der Waals surface area contributed by atoms with E-state index >= 15 is 0 Å². The first-order valence-electron chi connectivity index (χ1n) is 4.04. The molecule has 0 bridgehead atoms. The first kappa shape index (κ1) is 11.0. The van der Waals surface area contributed by atoms with Crippen molar-refractivity contribution in [3.63, 3.8) is 0 Å². The van der Waals surface area contributed by atoms with Crippen LogP contribution in [0.25, 0.3) is 0 Å². The van der Waals surface area contributed by atoms with E-state index in [0.29, 0.717) is 14.6 Å². The van der Waals surface area contributed by atoms with E-state index in [0.717, 1.165) is 4.90 Å². The Morgan fingerprint density at radius 1 is 0.867 bits per heavy atom. The average Bonchev–Trinajstić information content (AvgIpc) is 2.17. The van der Waals surface area contributed by atoms with Crippen LogP contribution in [0.2, 0.25) is 0 Å². The number of nitrogens with zero attached hydrogens (tertiary/aromatic N) is 3. The average molecular weight is 347 g/mol. The van der Waals surface area contributed by atoms with E-state index in [1.165, 1.54) is 11.8 Å². The standard InChI is InChI=1S/C9H5Br2N3S/c10-7-12-8(11)14-9(13-7)15-6-4-2-1-3-5-6/h1-5H. The van der Waals surface area contributed by atoms with Crippen LogP contribution in [-0.4, -0.2) is 15.0 Å². The molecule has 0 saturated heterocycles. The Morgan fingerprint density at radius 2 is 1.47 bits per heavy atom. The highest BCUT2D eigenvalue weighted by Gasteiger charge is 2.03. The van der Waals surface area contributed by atoms with Crippen LogP contribution >= 0.6 is 43.6 Å². The summed E-state index contributed by atoms with van der Waals surface area (Å²) in [6, 6.07) is 9.96. The Morgan fingerprint density at radius 3 is 2.07 bits per heavy atom. The summed E-state index contributed by atoms with van der Waals surface area (Å²) < 4.78 is 1.06. The summed E-state index contributed by atoms with van der Waals surface area (Å²) in [5.74, 6) is 0. The highest BCUT2D eigenvalue weighted by Crippen LogP contribution is 2.25. The molecule has 0 saturated carbocycles. The lowest BCUT2D eigenvalue weighted by Gasteiger charge is -2.00. The summed E-state index contributed by atoms with van der Waals surface area (Å²) in [5.41, 5.74) is 0. The zero-order valence-corrected chi connectivity index (χ0v) is 11.4. The lowest BCUT2D eigenvalue weighted by molar-refractivity contribution is 0.851. The van der Waals surface area contributed by atoms with Crippen LogP contribution in [-0.2, 0) is 0 Å². The molecule has 3 nitrogen and oxygen atoms in total. The Balaban J connectivity index is 2.25. The fourth-order valence-corrected chi connectivity index (χ4v) is 2.86. The molecule has 0 radical (unpaired) electrons. The first-order valence-corrected chi connectivity index (χ1v) is 6.44. The van der Waals surface area contributed by atoms with Crippen LogP contribution in [0, 0.1) is 0 Å². The van der Waals surface area contributed by atoms with Gasteiger partial charge in [0.15, 0.2) is 5.16 Å². The Bertz CT molecular complexity index is 444. The van der Waals surface area contributed by atoms with Crippen molar-refractivity contribution in [3.8, 4) is 0 Å². The molecule has 0 aliphatic carbocycles. The molecule has 0 fully saturated rings. The second-order valence-electron chi connectivity index (χ2n) is 2.57.